The molecule has 13 heteroatoms. The number of nitrogens with zero attached hydrogens (tertiary/aromatic N) is 6. The molecule has 13 nitrogen and oxygen atoms in total. The topological polar surface area (TPSA) is 170 Å². The lowest BCUT2D eigenvalue weighted by Gasteiger charge is -2.19. The predicted molar refractivity (Wildman–Crippen MR) is 228 cm³/mol. The average molecular weight is 756 g/mol. The van der Waals surface area contributed by atoms with Crippen LogP contribution in [0.5, 0.6) is 0 Å². The smallest absolute Gasteiger partial charge is 0.347 e. The number of piperazine rings is 1. The fourth-order valence-electron chi connectivity index (χ4n) is 5.47. The first-order chi connectivity index (χ1) is 26.2. The van der Waals surface area contributed by atoms with E-state index >= 15 is 0 Å². The number of amides is 1. The normalized spacial score (nSPS) is 19.6. The molecule has 0 aromatic carbocycles. The van der Waals surface area contributed by atoms with Crippen molar-refractivity contribution in [1.82, 2.24) is 50.3 Å². The van der Waals surface area contributed by atoms with Crippen molar-refractivity contribution in [2.24, 2.45) is 31.7 Å². The van der Waals surface area contributed by atoms with Gasteiger partial charge in [0, 0.05) is 58.7 Å². The maximum Gasteiger partial charge on any atom is 0.347 e. The molecule has 0 radical (unpaired) electrons. The Labute approximate surface area is 327 Å². The van der Waals surface area contributed by atoms with E-state index in [0.717, 1.165) is 68.3 Å². The molecule has 4 fully saturated rings. The summed E-state index contributed by atoms with van der Waals surface area (Å²) in [5, 5.41) is 13.0. The zero-order chi connectivity index (χ0) is 41.0. The van der Waals surface area contributed by atoms with E-state index < -0.39 is 0 Å². The molecular formula is C41H77N11O2. The standard InChI is InChI=1S/C7H8N4.C6H12N2O.C6H13N.C6H12.C5H6N2O.C5H12N2.C2H6.2C2H4/c1-5-6-7(9-3-8-5)11(2)4-10-6;7-6(9)5-2-1-3-8-4-5;1-6-3-2-4-7-5-6;1-2-4-6-5-3-1;1-7-4-2-3-6-5(7)8;1-5-4-6-2-3-7-5;3*1-2/h3-4H,1-2H3;5,8H,1-4H2,(H2,7,9);6-7H,2-5H2,1H3;1-6H2;2-4H,1H3;5-7H,2-4H2,1H3;1-2H3;2*1-2H2. The van der Waals surface area contributed by atoms with Crippen LogP contribution in [0.15, 0.2) is 62.2 Å². The Morgan fingerprint density at radius 3 is 1.67 bits per heavy atom. The van der Waals surface area contributed by atoms with Gasteiger partial charge in [0.2, 0.25) is 5.91 Å². The number of carbonyl (C=O) groups is 1. The highest BCUT2D eigenvalue weighted by molar-refractivity contribution is 5.76. The van der Waals surface area contributed by atoms with Crippen LogP contribution in [0.3, 0.4) is 0 Å². The number of fused-ring (bicyclic) bond motifs is 1. The molecule has 1 saturated carbocycles. The lowest BCUT2D eigenvalue weighted by molar-refractivity contribution is -0.122. The van der Waals surface area contributed by atoms with Crippen molar-refractivity contribution in [2.45, 2.75) is 105 Å². The molecule has 0 bridgehead atoms. The number of imidazole rings is 1. The monoisotopic (exact) mass is 756 g/mol. The summed E-state index contributed by atoms with van der Waals surface area (Å²) in [5.74, 6) is 0.842. The van der Waals surface area contributed by atoms with Gasteiger partial charge in [0.05, 0.1) is 17.9 Å². The van der Waals surface area contributed by atoms with Crippen molar-refractivity contribution in [3.05, 3.63) is 73.6 Å². The van der Waals surface area contributed by atoms with Gasteiger partial charge in [-0.05, 0) is 71.1 Å². The molecule has 6 N–H and O–H groups in total. The summed E-state index contributed by atoms with van der Waals surface area (Å²) in [6, 6.07) is 2.38. The molecule has 1 aliphatic carbocycles. The van der Waals surface area contributed by atoms with Crippen LogP contribution in [0.2, 0.25) is 0 Å². The highest BCUT2D eigenvalue weighted by Gasteiger charge is 2.17. The maximum atomic E-state index is 10.5. The minimum absolute atomic E-state index is 0.0822. The Balaban J connectivity index is 0. The van der Waals surface area contributed by atoms with Crippen LogP contribution < -0.4 is 32.7 Å². The van der Waals surface area contributed by atoms with Gasteiger partial charge in [-0.2, -0.15) is 0 Å². The first kappa shape index (κ1) is 52.3. The second-order valence-corrected chi connectivity index (χ2v) is 13.1. The van der Waals surface area contributed by atoms with E-state index in [-0.39, 0.29) is 17.5 Å². The van der Waals surface area contributed by atoms with Gasteiger partial charge in [-0.15, -0.1) is 26.3 Å². The molecule has 0 spiro atoms. The average Bonchev–Trinajstić information content (AvgIpc) is 3.62. The summed E-state index contributed by atoms with van der Waals surface area (Å²) < 4.78 is 3.30. The molecule has 3 aromatic heterocycles. The molecule has 308 valence electrons. The number of aromatic nitrogens is 6. The summed E-state index contributed by atoms with van der Waals surface area (Å²) >= 11 is 0. The second kappa shape index (κ2) is 36.2. The SMILES string of the molecule is C1CCCCC1.C=C.C=C.CC.CC1CCCNC1.CC1CNCCN1.Cc1ncnc2c1ncn2C.Cn1cccnc1=O.NC(=O)C1CCCNC1. The number of nitrogens with one attached hydrogen (secondary N) is 4. The Kier molecular flexibility index (Phi) is 35.1. The molecule has 4 aliphatic rings. The van der Waals surface area contributed by atoms with E-state index in [0.29, 0.717) is 6.04 Å². The van der Waals surface area contributed by atoms with E-state index in [2.05, 4.69) is 81.4 Å². The Bertz CT molecular complexity index is 1310. The van der Waals surface area contributed by atoms with E-state index in [1.54, 1.807) is 32.0 Å². The van der Waals surface area contributed by atoms with Gasteiger partial charge in [-0.1, -0.05) is 59.3 Å². The summed E-state index contributed by atoms with van der Waals surface area (Å²) in [5.41, 5.74) is 7.57. The quantitative estimate of drug-likeness (QED) is 0.201. The van der Waals surface area contributed by atoms with Crippen LogP contribution in [-0.2, 0) is 18.9 Å². The molecule has 3 aliphatic heterocycles. The zero-order valence-corrected chi connectivity index (χ0v) is 35.0. The molecular weight excluding hydrogens is 679 g/mol. The van der Waals surface area contributed by atoms with Crippen LogP contribution in [-0.4, -0.2) is 86.8 Å². The van der Waals surface area contributed by atoms with Crippen molar-refractivity contribution in [3.8, 4) is 0 Å². The molecule has 7 rings (SSSR count). The Morgan fingerprint density at radius 2 is 1.33 bits per heavy atom. The van der Waals surface area contributed by atoms with Crippen molar-refractivity contribution in [1.29, 1.82) is 0 Å². The van der Waals surface area contributed by atoms with E-state index in [1.165, 1.54) is 75.2 Å². The predicted octanol–water partition coefficient (Wildman–Crippen LogP) is 5.47. The number of nitrogens with two attached hydrogens (primary N) is 1. The van der Waals surface area contributed by atoms with Gasteiger partial charge in [-0.25, -0.2) is 24.7 Å². The van der Waals surface area contributed by atoms with Crippen LogP contribution in [0.4, 0.5) is 0 Å². The van der Waals surface area contributed by atoms with Crippen LogP contribution >= 0.6 is 0 Å². The lowest BCUT2D eigenvalue weighted by Crippen LogP contribution is -2.46. The van der Waals surface area contributed by atoms with Crippen molar-refractivity contribution in [2.75, 3.05) is 45.8 Å². The number of piperidine rings is 2. The van der Waals surface area contributed by atoms with Gasteiger partial charge < -0.3 is 36.1 Å². The lowest BCUT2D eigenvalue weighted by atomic mass is 9.99. The zero-order valence-electron chi connectivity index (χ0n) is 35.0. The molecule has 3 atom stereocenters. The van der Waals surface area contributed by atoms with Gasteiger partial charge in [0.25, 0.3) is 0 Å². The second-order valence-electron chi connectivity index (χ2n) is 13.1. The highest BCUT2D eigenvalue weighted by atomic mass is 16.1. The molecule has 3 saturated heterocycles. The Morgan fingerprint density at radius 1 is 0.759 bits per heavy atom. The first-order valence-electron chi connectivity index (χ1n) is 19.9. The van der Waals surface area contributed by atoms with Crippen molar-refractivity contribution >= 4 is 17.1 Å². The van der Waals surface area contributed by atoms with Crippen LogP contribution in [0.1, 0.15) is 97.6 Å². The maximum absolute atomic E-state index is 10.5. The van der Waals surface area contributed by atoms with Gasteiger partial charge in [-0.3, -0.25) is 4.79 Å². The molecule has 54 heavy (non-hydrogen) atoms. The third-order valence-electron chi connectivity index (χ3n) is 8.55. The van der Waals surface area contributed by atoms with E-state index in [1.807, 2.05) is 32.4 Å². The fraction of sp³-hybridized carbons (Fsp3) is 0.659. The largest absolute Gasteiger partial charge is 0.369 e. The third kappa shape index (κ3) is 26.1. The van der Waals surface area contributed by atoms with Crippen molar-refractivity contribution < 1.29 is 4.79 Å². The van der Waals surface area contributed by atoms with Crippen LogP contribution in [0, 0.1) is 18.8 Å². The molecule has 3 aromatic rings. The minimum Gasteiger partial charge on any atom is -0.369 e. The van der Waals surface area contributed by atoms with E-state index in [4.69, 9.17) is 5.73 Å². The van der Waals surface area contributed by atoms with Gasteiger partial charge in [0.1, 0.15) is 11.8 Å². The summed E-state index contributed by atoms with van der Waals surface area (Å²) in [7, 11) is 3.58. The summed E-state index contributed by atoms with van der Waals surface area (Å²) in [6.07, 6.45) is 20.3. The number of rotatable bonds is 1. The summed E-state index contributed by atoms with van der Waals surface area (Å²) in [6.45, 7) is 30.1. The number of hydrogen-bond acceptors (Lipinski definition) is 10. The van der Waals surface area contributed by atoms with Gasteiger partial charge in [0.15, 0.2) is 5.65 Å². The number of primary amides is 1. The third-order valence-corrected chi connectivity index (χ3v) is 8.55. The number of carbonyl (C=O) groups excluding carboxylic acids is 1. The fourth-order valence-corrected chi connectivity index (χ4v) is 5.47. The molecule has 1 amide bonds. The molecule has 6 heterocycles. The minimum atomic E-state index is -0.215. The molecule has 3 unspecified atom stereocenters. The van der Waals surface area contributed by atoms with E-state index in [9.17, 15) is 9.59 Å². The van der Waals surface area contributed by atoms with Gasteiger partial charge >= 0.3 is 5.69 Å². The first-order valence-corrected chi connectivity index (χ1v) is 19.9. The number of aryl methyl sites for hydroxylation is 3. The van der Waals surface area contributed by atoms with Crippen molar-refractivity contribution in [3.63, 3.8) is 0 Å². The Hall–Kier alpha value is -3.78. The van der Waals surface area contributed by atoms with Crippen LogP contribution in [0.25, 0.3) is 11.2 Å². The highest BCUT2D eigenvalue weighted by Crippen LogP contribution is 2.15. The number of hydrogen-bond donors (Lipinski definition) is 5. The summed E-state index contributed by atoms with van der Waals surface area (Å²) in [4.78, 5) is 36.8.